The van der Waals surface area contributed by atoms with E-state index < -0.39 is 0 Å². The molecule has 0 aliphatic rings. The summed E-state index contributed by atoms with van der Waals surface area (Å²) in [6.07, 6.45) is 1.24. The molecule has 84 valence electrons. The first kappa shape index (κ1) is 11.1. The third kappa shape index (κ3) is 2.82. The van der Waals surface area contributed by atoms with Gasteiger partial charge >= 0.3 is 0 Å². The highest BCUT2D eigenvalue weighted by molar-refractivity contribution is 6.07. The maximum Gasteiger partial charge on any atom is 0.189 e. The normalized spacial score (nSPS) is 11.2. The summed E-state index contributed by atoms with van der Waals surface area (Å²) in [5, 5.41) is 9.79. The topological polar surface area (TPSA) is 37.3 Å². The average Bonchev–Trinajstić information content (AvgIpc) is 2.40. The first-order valence-electron chi connectivity index (χ1n) is 5.33. The molecule has 2 aromatic carbocycles. The predicted octanol–water partition coefficient (Wildman–Crippen LogP) is 3.47. The van der Waals surface area contributed by atoms with Gasteiger partial charge in [-0.2, -0.15) is 0 Å². The van der Waals surface area contributed by atoms with Gasteiger partial charge in [0.2, 0.25) is 0 Å². The van der Waals surface area contributed by atoms with Crippen molar-refractivity contribution in [1.29, 1.82) is 0 Å². The molecule has 2 aromatic rings. The molecular formula is C15H12O2. The minimum Gasteiger partial charge on any atom is -0.507 e. The number of aliphatic hydroxyl groups is 1. The summed E-state index contributed by atoms with van der Waals surface area (Å²) in [6, 6.07) is 17.9. The molecule has 17 heavy (non-hydrogen) atoms. The zero-order valence-electron chi connectivity index (χ0n) is 9.21. The molecule has 2 rings (SSSR count). The number of aliphatic hydroxyl groups excluding tert-OH is 1. The first-order valence-corrected chi connectivity index (χ1v) is 5.33. The van der Waals surface area contributed by atoms with E-state index in [1.807, 2.05) is 24.3 Å². The summed E-state index contributed by atoms with van der Waals surface area (Å²) >= 11 is 0. The van der Waals surface area contributed by atoms with E-state index >= 15 is 0 Å². The van der Waals surface area contributed by atoms with Crippen molar-refractivity contribution in [2.75, 3.05) is 0 Å². The lowest BCUT2D eigenvalue weighted by molar-refractivity contribution is 0.104. The van der Waals surface area contributed by atoms with E-state index in [0.29, 0.717) is 11.1 Å². The van der Waals surface area contributed by atoms with Crippen molar-refractivity contribution in [3.8, 4) is 0 Å². The number of hydrogen-bond acceptors (Lipinski definition) is 2. The van der Waals surface area contributed by atoms with E-state index in [2.05, 4.69) is 0 Å². The third-order valence-electron chi connectivity index (χ3n) is 2.40. The second-order valence-electron chi connectivity index (χ2n) is 3.63. The largest absolute Gasteiger partial charge is 0.507 e. The Kier molecular flexibility index (Phi) is 3.36. The van der Waals surface area contributed by atoms with Crippen LogP contribution < -0.4 is 0 Å². The van der Waals surface area contributed by atoms with Crippen LogP contribution in [0.25, 0.3) is 5.76 Å². The summed E-state index contributed by atoms with van der Waals surface area (Å²) in [5.74, 6) is -0.216. The third-order valence-corrected chi connectivity index (χ3v) is 2.40. The fourth-order valence-corrected chi connectivity index (χ4v) is 1.50. The Morgan fingerprint density at radius 2 is 1.29 bits per heavy atom. The van der Waals surface area contributed by atoms with Crippen LogP contribution in [0.15, 0.2) is 66.7 Å². The van der Waals surface area contributed by atoms with E-state index in [1.54, 1.807) is 36.4 Å². The van der Waals surface area contributed by atoms with Crippen LogP contribution in [0.4, 0.5) is 0 Å². The Morgan fingerprint density at radius 1 is 0.824 bits per heavy atom. The van der Waals surface area contributed by atoms with E-state index in [4.69, 9.17) is 0 Å². The summed E-state index contributed by atoms with van der Waals surface area (Å²) in [7, 11) is 0. The molecule has 0 spiro atoms. The van der Waals surface area contributed by atoms with Crippen LogP contribution >= 0.6 is 0 Å². The van der Waals surface area contributed by atoms with Crippen molar-refractivity contribution in [2.24, 2.45) is 0 Å². The van der Waals surface area contributed by atoms with Gasteiger partial charge in [-0.05, 0) is 0 Å². The van der Waals surface area contributed by atoms with Gasteiger partial charge in [0.15, 0.2) is 5.78 Å². The molecule has 0 radical (unpaired) electrons. The molecule has 0 saturated carbocycles. The molecule has 0 heterocycles. The molecule has 0 aliphatic carbocycles. The van der Waals surface area contributed by atoms with Gasteiger partial charge in [-0.15, -0.1) is 0 Å². The smallest absolute Gasteiger partial charge is 0.189 e. The van der Waals surface area contributed by atoms with Crippen molar-refractivity contribution in [3.63, 3.8) is 0 Å². The number of ketones is 1. The summed E-state index contributed by atoms with van der Waals surface area (Å²) in [6.45, 7) is 0. The van der Waals surface area contributed by atoms with Crippen LogP contribution in [0.2, 0.25) is 0 Å². The number of benzene rings is 2. The number of hydrogen-bond donors (Lipinski definition) is 1. The Balaban J connectivity index is 2.24. The molecular weight excluding hydrogens is 212 g/mol. The quantitative estimate of drug-likeness (QED) is 0.492. The molecule has 0 saturated heterocycles. The fraction of sp³-hybridized carbons (Fsp3) is 0. The van der Waals surface area contributed by atoms with E-state index in [0.717, 1.165) is 0 Å². The minimum atomic E-state index is -0.202. The molecule has 1 N–H and O–H groups in total. The van der Waals surface area contributed by atoms with Crippen molar-refractivity contribution in [1.82, 2.24) is 0 Å². The first-order chi connectivity index (χ1) is 8.27. The lowest BCUT2D eigenvalue weighted by Gasteiger charge is -1.99. The monoisotopic (exact) mass is 224 g/mol. The number of carbonyl (C=O) groups is 1. The maximum atomic E-state index is 11.8. The standard InChI is InChI=1S/C15H12O2/c16-14(12-7-3-1-4-8-12)11-15(17)13-9-5-2-6-10-13/h1-11,16H/b14-11+. The van der Waals surface area contributed by atoms with Gasteiger partial charge in [0.1, 0.15) is 5.76 Å². The summed E-state index contributed by atoms with van der Waals surface area (Å²) in [5.41, 5.74) is 1.20. The zero-order chi connectivity index (χ0) is 12.1. The Hall–Kier alpha value is -2.35. The number of allylic oxidation sites excluding steroid dienone is 1. The van der Waals surface area contributed by atoms with Crippen molar-refractivity contribution >= 4 is 11.5 Å². The Labute approximate surface area is 99.8 Å². The molecule has 0 unspecified atom stereocenters. The highest BCUT2D eigenvalue weighted by atomic mass is 16.3. The summed E-state index contributed by atoms with van der Waals surface area (Å²) in [4.78, 5) is 11.8. The maximum absolute atomic E-state index is 11.8. The SMILES string of the molecule is O=C(/C=C(/O)c1ccccc1)c1ccccc1. The van der Waals surface area contributed by atoms with Crippen LogP contribution in [-0.2, 0) is 0 Å². The van der Waals surface area contributed by atoms with Gasteiger partial charge in [0.25, 0.3) is 0 Å². The number of carbonyl (C=O) groups excluding carboxylic acids is 1. The average molecular weight is 224 g/mol. The fourth-order valence-electron chi connectivity index (χ4n) is 1.50. The minimum absolute atomic E-state index is 0.0144. The van der Waals surface area contributed by atoms with Gasteiger partial charge in [-0.3, -0.25) is 4.79 Å². The molecule has 0 aliphatic heterocycles. The van der Waals surface area contributed by atoms with Crippen LogP contribution in [-0.4, -0.2) is 10.9 Å². The molecule has 0 aromatic heterocycles. The highest BCUT2D eigenvalue weighted by Gasteiger charge is 2.04. The highest BCUT2D eigenvalue weighted by Crippen LogP contribution is 2.12. The second kappa shape index (κ2) is 5.12. The van der Waals surface area contributed by atoms with Crippen LogP contribution in [0.5, 0.6) is 0 Å². The van der Waals surface area contributed by atoms with Crippen molar-refractivity contribution in [3.05, 3.63) is 77.9 Å². The van der Waals surface area contributed by atoms with Gasteiger partial charge in [0, 0.05) is 17.2 Å². The second-order valence-corrected chi connectivity index (χ2v) is 3.63. The molecule has 0 amide bonds. The lowest BCUT2D eigenvalue weighted by atomic mass is 10.1. The van der Waals surface area contributed by atoms with Crippen molar-refractivity contribution in [2.45, 2.75) is 0 Å². The molecule has 2 heteroatoms. The van der Waals surface area contributed by atoms with Crippen LogP contribution in [0.1, 0.15) is 15.9 Å². The van der Waals surface area contributed by atoms with Crippen LogP contribution in [0, 0.1) is 0 Å². The van der Waals surface area contributed by atoms with E-state index in [1.165, 1.54) is 6.08 Å². The van der Waals surface area contributed by atoms with Gasteiger partial charge in [-0.1, -0.05) is 60.7 Å². The van der Waals surface area contributed by atoms with Gasteiger partial charge in [-0.25, -0.2) is 0 Å². The molecule has 2 nitrogen and oxygen atoms in total. The zero-order valence-corrected chi connectivity index (χ0v) is 9.21. The van der Waals surface area contributed by atoms with Gasteiger partial charge < -0.3 is 5.11 Å². The summed E-state index contributed by atoms with van der Waals surface area (Å²) < 4.78 is 0. The number of rotatable bonds is 3. The molecule has 0 atom stereocenters. The van der Waals surface area contributed by atoms with Gasteiger partial charge in [0.05, 0.1) is 0 Å². The van der Waals surface area contributed by atoms with E-state index in [9.17, 15) is 9.90 Å². The molecule has 0 fully saturated rings. The van der Waals surface area contributed by atoms with Crippen molar-refractivity contribution < 1.29 is 9.90 Å². The predicted molar refractivity (Wildman–Crippen MR) is 67.8 cm³/mol. The Morgan fingerprint density at radius 3 is 1.82 bits per heavy atom. The lowest BCUT2D eigenvalue weighted by Crippen LogP contribution is -1.95. The van der Waals surface area contributed by atoms with E-state index in [-0.39, 0.29) is 11.5 Å². The molecule has 0 bridgehead atoms. The Bertz CT molecular complexity index is 527. The van der Waals surface area contributed by atoms with Crippen LogP contribution in [0.3, 0.4) is 0 Å².